The van der Waals surface area contributed by atoms with E-state index in [9.17, 15) is 4.79 Å². The first-order valence-corrected chi connectivity index (χ1v) is 6.01. The van der Waals surface area contributed by atoms with E-state index in [2.05, 4.69) is 21.0 Å². The van der Waals surface area contributed by atoms with Gasteiger partial charge < -0.3 is 5.73 Å². The topological polar surface area (TPSA) is 60.9 Å². The molecule has 0 bridgehead atoms. The van der Waals surface area contributed by atoms with Crippen LogP contribution in [0.15, 0.2) is 39.6 Å². The van der Waals surface area contributed by atoms with Gasteiger partial charge in [0.15, 0.2) is 0 Å². The normalized spacial score (nSPS) is 10.5. The second-order valence-electron chi connectivity index (χ2n) is 3.49. The fourth-order valence-electron chi connectivity index (χ4n) is 1.39. The summed E-state index contributed by atoms with van der Waals surface area (Å²) in [5, 5.41) is 4.52. The number of hydrogen-bond donors (Lipinski definition) is 1. The first-order valence-electron chi connectivity index (χ1n) is 4.84. The molecule has 0 saturated carbocycles. The first-order chi connectivity index (χ1) is 8.06. The Labute approximate surface area is 111 Å². The molecule has 17 heavy (non-hydrogen) atoms. The maximum absolute atomic E-state index is 11.5. The molecule has 0 aliphatic rings. The molecule has 2 rings (SSSR count). The number of nitrogens with zero attached hydrogens (tertiary/aromatic N) is 2. The van der Waals surface area contributed by atoms with Crippen molar-refractivity contribution >= 4 is 33.3 Å². The van der Waals surface area contributed by atoms with E-state index in [4.69, 9.17) is 17.3 Å². The van der Waals surface area contributed by atoms with Gasteiger partial charge in [0.2, 0.25) is 0 Å². The Morgan fingerprint density at radius 3 is 2.82 bits per heavy atom. The molecule has 0 aliphatic carbocycles. The number of benzene rings is 1. The third-order valence-electron chi connectivity index (χ3n) is 2.22. The summed E-state index contributed by atoms with van der Waals surface area (Å²) in [6.45, 7) is 0.302. The Hall–Kier alpha value is -1.33. The maximum atomic E-state index is 11.5. The summed E-state index contributed by atoms with van der Waals surface area (Å²) in [4.78, 5) is 11.5. The molecule has 2 N–H and O–H groups in total. The highest BCUT2D eigenvalue weighted by Gasteiger charge is 2.04. The zero-order valence-electron chi connectivity index (χ0n) is 8.73. The van der Waals surface area contributed by atoms with Gasteiger partial charge in [-0.05, 0) is 23.8 Å². The number of halogens is 2. The van der Waals surface area contributed by atoms with Crippen LogP contribution in [0.3, 0.4) is 0 Å². The van der Waals surface area contributed by atoms with Gasteiger partial charge in [0.25, 0.3) is 5.56 Å². The van der Waals surface area contributed by atoms with Gasteiger partial charge in [0.1, 0.15) is 5.82 Å². The lowest BCUT2D eigenvalue weighted by molar-refractivity contribution is 0.644. The third kappa shape index (κ3) is 2.87. The number of anilines is 1. The van der Waals surface area contributed by atoms with Crippen molar-refractivity contribution < 1.29 is 0 Å². The van der Waals surface area contributed by atoms with Crippen molar-refractivity contribution in [2.24, 2.45) is 0 Å². The highest BCUT2D eigenvalue weighted by Crippen LogP contribution is 2.21. The lowest BCUT2D eigenvalue weighted by Crippen LogP contribution is -2.23. The maximum Gasteiger partial charge on any atom is 0.267 e. The van der Waals surface area contributed by atoms with Crippen LogP contribution in [0.25, 0.3) is 0 Å². The second kappa shape index (κ2) is 4.89. The molecule has 0 radical (unpaired) electrons. The number of aromatic nitrogens is 2. The van der Waals surface area contributed by atoms with E-state index in [0.29, 0.717) is 17.4 Å². The average molecular weight is 315 g/mol. The van der Waals surface area contributed by atoms with Crippen molar-refractivity contribution in [3.8, 4) is 0 Å². The molecule has 0 spiro atoms. The molecule has 0 aliphatic heterocycles. The molecule has 0 unspecified atom stereocenters. The highest BCUT2D eigenvalue weighted by molar-refractivity contribution is 9.10. The predicted molar refractivity (Wildman–Crippen MR) is 71.2 cm³/mol. The molecule has 1 heterocycles. The molecule has 1 aromatic carbocycles. The molecule has 4 nitrogen and oxygen atoms in total. The van der Waals surface area contributed by atoms with Crippen molar-refractivity contribution in [1.29, 1.82) is 0 Å². The fraction of sp³-hybridized carbons (Fsp3) is 0.0909. The van der Waals surface area contributed by atoms with Crippen LogP contribution in [0.2, 0.25) is 5.02 Å². The first kappa shape index (κ1) is 12.1. The van der Waals surface area contributed by atoms with Gasteiger partial charge in [-0.3, -0.25) is 4.79 Å². The molecule has 6 heteroatoms. The van der Waals surface area contributed by atoms with E-state index < -0.39 is 0 Å². The Morgan fingerprint density at radius 2 is 2.12 bits per heavy atom. The molecule has 0 atom stereocenters. The van der Waals surface area contributed by atoms with Crippen molar-refractivity contribution in [2.75, 3.05) is 5.73 Å². The summed E-state index contributed by atoms with van der Waals surface area (Å²) >= 11 is 9.39. The van der Waals surface area contributed by atoms with Crippen LogP contribution in [0, 0.1) is 0 Å². The number of rotatable bonds is 2. The van der Waals surface area contributed by atoms with Crippen LogP contribution in [-0.4, -0.2) is 9.78 Å². The molecule has 88 valence electrons. The Kier molecular flexibility index (Phi) is 3.49. The van der Waals surface area contributed by atoms with Gasteiger partial charge in [0.05, 0.1) is 6.54 Å². The zero-order valence-corrected chi connectivity index (χ0v) is 11.1. The van der Waals surface area contributed by atoms with Crippen molar-refractivity contribution in [3.05, 3.63) is 55.7 Å². The number of nitrogens with two attached hydrogens (primary N) is 1. The van der Waals surface area contributed by atoms with Gasteiger partial charge in [-0.15, -0.1) is 0 Å². The lowest BCUT2D eigenvalue weighted by Gasteiger charge is -2.07. The van der Waals surface area contributed by atoms with Crippen LogP contribution in [0.4, 0.5) is 5.82 Å². The standard InChI is InChI=1S/C11H9BrClN3O/c12-8-2-1-7(9(13)5-8)6-16-11(17)4-3-10(14)15-16/h1-5H,6H2,(H2,14,15). The van der Waals surface area contributed by atoms with E-state index in [-0.39, 0.29) is 5.56 Å². The van der Waals surface area contributed by atoms with Crippen LogP contribution < -0.4 is 11.3 Å². The van der Waals surface area contributed by atoms with E-state index in [1.165, 1.54) is 16.8 Å². The molecule has 0 fully saturated rings. The second-order valence-corrected chi connectivity index (χ2v) is 4.81. The summed E-state index contributed by atoms with van der Waals surface area (Å²) in [7, 11) is 0. The van der Waals surface area contributed by atoms with Gasteiger partial charge in [-0.1, -0.05) is 33.6 Å². The Balaban J connectivity index is 2.38. The zero-order chi connectivity index (χ0) is 12.4. The summed E-state index contributed by atoms with van der Waals surface area (Å²) in [6, 6.07) is 8.33. The van der Waals surface area contributed by atoms with Gasteiger partial charge in [-0.2, -0.15) is 5.10 Å². The Bertz CT molecular complexity index is 612. The van der Waals surface area contributed by atoms with Crippen LogP contribution in [-0.2, 0) is 6.54 Å². The summed E-state index contributed by atoms with van der Waals surface area (Å²) in [6.07, 6.45) is 0. The Morgan fingerprint density at radius 1 is 1.35 bits per heavy atom. The summed E-state index contributed by atoms with van der Waals surface area (Å²) < 4.78 is 2.17. The minimum Gasteiger partial charge on any atom is -0.382 e. The van der Waals surface area contributed by atoms with Crippen molar-refractivity contribution in [2.45, 2.75) is 6.54 Å². The van der Waals surface area contributed by atoms with Crippen molar-refractivity contribution in [3.63, 3.8) is 0 Å². The van der Waals surface area contributed by atoms with Gasteiger partial charge in [0, 0.05) is 15.6 Å². The third-order valence-corrected chi connectivity index (χ3v) is 3.07. The molecule has 0 saturated heterocycles. The van der Waals surface area contributed by atoms with Gasteiger partial charge in [-0.25, -0.2) is 4.68 Å². The molecule has 1 aromatic heterocycles. The van der Waals surface area contributed by atoms with Gasteiger partial charge >= 0.3 is 0 Å². The van der Waals surface area contributed by atoms with E-state index in [1.54, 1.807) is 6.07 Å². The fourth-order valence-corrected chi connectivity index (χ4v) is 2.12. The number of nitrogen functional groups attached to an aromatic ring is 1. The number of hydrogen-bond acceptors (Lipinski definition) is 3. The van der Waals surface area contributed by atoms with E-state index >= 15 is 0 Å². The quantitative estimate of drug-likeness (QED) is 0.925. The SMILES string of the molecule is Nc1ccc(=O)n(Cc2ccc(Br)cc2Cl)n1. The smallest absolute Gasteiger partial charge is 0.267 e. The summed E-state index contributed by atoms with van der Waals surface area (Å²) in [5.74, 6) is 0.304. The minimum atomic E-state index is -0.210. The average Bonchev–Trinajstić information content (AvgIpc) is 2.27. The molecule has 0 amide bonds. The predicted octanol–water partition coefficient (Wildman–Crippen LogP) is 2.29. The lowest BCUT2D eigenvalue weighted by atomic mass is 10.2. The summed E-state index contributed by atoms with van der Waals surface area (Å²) in [5.41, 5.74) is 6.14. The van der Waals surface area contributed by atoms with Crippen LogP contribution in [0.5, 0.6) is 0 Å². The largest absolute Gasteiger partial charge is 0.382 e. The minimum absolute atomic E-state index is 0.210. The van der Waals surface area contributed by atoms with Crippen LogP contribution in [0.1, 0.15) is 5.56 Å². The monoisotopic (exact) mass is 313 g/mol. The highest BCUT2D eigenvalue weighted by atomic mass is 79.9. The molecule has 2 aromatic rings. The van der Waals surface area contributed by atoms with E-state index in [1.807, 2.05) is 12.1 Å². The van der Waals surface area contributed by atoms with Crippen LogP contribution >= 0.6 is 27.5 Å². The molecular weight excluding hydrogens is 305 g/mol. The van der Waals surface area contributed by atoms with E-state index in [0.717, 1.165) is 10.0 Å². The molecular formula is C11H9BrClN3O. The van der Waals surface area contributed by atoms with Crippen molar-refractivity contribution in [1.82, 2.24) is 9.78 Å².